The second-order valence-corrected chi connectivity index (χ2v) is 21.5. The Balaban J connectivity index is 1.23. The van der Waals surface area contributed by atoms with Crippen LogP contribution < -0.4 is 19.3 Å². The molecule has 0 saturated carbocycles. The van der Waals surface area contributed by atoms with Crippen LogP contribution in [0.2, 0.25) is 0 Å². The summed E-state index contributed by atoms with van der Waals surface area (Å²) in [7, 11) is 0. The van der Waals surface area contributed by atoms with Crippen molar-refractivity contribution in [3.8, 4) is 11.5 Å². The van der Waals surface area contributed by atoms with Crippen LogP contribution in [0, 0.1) is 11.8 Å². The number of anilines is 6. The van der Waals surface area contributed by atoms with Crippen molar-refractivity contribution in [1.29, 1.82) is 0 Å². The summed E-state index contributed by atoms with van der Waals surface area (Å²) in [6.07, 6.45) is 18.0. The highest BCUT2D eigenvalue weighted by Crippen LogP contribution is 2.39. The van der Waals surface area contributed by atoms with Crippen LogP contribution in [-0.4, -0.2) is 13.2 Å². The van der Waals surface area contributed by atoms with E-state index in [1.807, 2.05) is 0 Å². The summed E-state index contributed by atoms with van der Waals surface area (Å²) in [5.41, 5.74) is 10.7. The van der Waals surface area contributed by atoms with E-state index in [1.165, 1.54) is 25.7 Å². The lowest BCUT2D eigenvalue weighted by atomic mass is 10.00. The molecule has 0 N–H and O–H groups in total. The summed E-state index contributed by atoms with van der Waals surface area (Å²) >= 11 is 14.5. The van der Waals surface area contributed by atoms with Gasteiger partial charge in [0.15, 0.2) is 0 Å². The molecule has 2 unspecified atom stereocenters. The number of hydrogen-bond donors (Lipinski definition) is 0. The summed E-state index contributed by atoms with van der Waals surface area (Å²) in [6, 6.07) is 55.7. The van der Waals surface area contributed by atoms with E-state index in [-0.39, 0.29) is 0 Å². The van der Waals surface area contributed by atoms with E-state index in [1.54, 1.807) is 0 Å². The fraction of sp³-hybridized carbons (Fsp3) is 0.258. The van der Waals surface area contributed by atoms with Crippen LogP contribution in [0.1, 0.15) is 101 Å². The van der Waals surface area contributed by atoms with E-state index in [2.05, 4.69) is 283 Å². The Morgan fingerprint density at radius 2 is 0.657 bits per heavy atom. The quantitative estimate of drug-likeness (QED) is 0.0563. The van der Waals surface area contributed by atoms with E-state index < -0.39 is 0 Å². The van der Waals surface area contributed by atoms with Gasteiger partial charge in [0.25, 0.3) is 0 Å². The van der Waals surface area contributed by atoms with E-state index in [0.29, 0.717) is 25.0 Å². The number of unbranched alkanes of at least 4 members (excludes halogenated alkanes) is 2. The molecule has 0 aliphatic rings. The molecule has 0 aliphatic heterocycles. The van der Waals surface area contributed by atoms with Gasteiger partial charge in [-0.3, -0.25) is 0 Å². The third kappa shape index (κ3) is 15.1. The summed E-state index contributed by atoms with van der Waals surface area (Å²) in [6.45, 7) is 10.4. The van der Waals surface area contributed by atoms with Crippen molar-refractivity contribution in [3.05, 3.63) is 198 Å². The standard InChI is InChI=1S/C62H64Br4N2O2/c1-5-9-11-45(7-3)43-69-61-41-50(20-14-48-17-31-56(32-18-48)68(59-37-25-53(65)26-38-59)60-39-27-54(66)28-40-60)62(70-44-46(8-4)12-10-6-2)42-49(61)19-13-47-15-29-55(30-16-47)67(57-33-21-51(63)22-34-57)58-35-23-52(64)24-36-58/h13-42,45-46H,5-12,43-44H2,1-4H3. The van der Waals surface area contributed by atoms with Crippen LogP contribution in [0.3, 0.4) is 0 Å². The first-order chi connectivity index (χ1) is 34.1. The third-order valence-electron chi connectivity index (χ3n) is 12.7. The summed E-state index contributed by atoms with van der Waals surface area (Å²) in [4.78, 5) is 4.55. The zero-order chi connectivity index (χ0) is 49.2. The largest absolute Gasteiger partial charge is 0.493 e. The topological polar surface area (TPSA) is 24.9 Å². The first-order valence-corrected chi connectivity index (χ1v) is 27.9. The predicted molar refractivity (Wildman–Crippen MR) is 315 cm³/mol. The Labute approximate surface area is 451 Å². The van der Waals surface area contributed by atoms with Crippen LogP contribution in [0.25, 0.3) is 24.3 Å². The average Bonchev–Trinajstić information content (AvgIpc) is 3.38. The lowest BCUT2D eigenvalue weighted by Gasteiger charge is -2.25. The Kier molecular flexibility index (Phi) is 20.5. The minimum atomic E-state index is 0.482. The lowest BCUT2D eigenvalue weighted by Crippen LogP contribution is -2.13. The van der Waals surface area contributed by atoms with Gasteiger partial charge in [0.05, 0.1) is 13.2 Å². The molecule has 0 aromatic heterocycles. The van der Waals surface area contributed by atoms with Crippen LogP contribution >= 0.6 is 63.7 Å². The first-order valence-electron chi connectivity index (χ1n) is 24.8. The monoisotopic (exact) mass is 1180 g/mol. The number of ether oxygens (including phenoxy) is 2. The molecule has 8 heteroatoms. The summed E-state index contributed by atoms with van der Waals surface area (Å²) < 4.78 is 17.9. The first kappa shape index (κ1) is 53.0. The number of hydrogen-bond acceptors (Lipinski definition) is 4. The molecule has 70 heavy (non-hydrogen) atoms. The van der Waals surface area contributed by atoms with Crippen LogP contribution in [0.4, 0.5) is 34.1 Å². The van der Waals surface area contributed by atoms with E-state index in [9.17, 15) is 0 Å². The van der Waals surface area contributed by atoms with Gasteiger partial charge in [-0.15, -0.1) is 0 Å². The highest BCUT2D eigenvalue weighted by Gasteiger charge is 2.17. The van der Waals surface area contributed by atoms with Crippen LogP contribution in [0.15, 0.2) is 176 Å². The van der Waals surface area contributed by atoms with Crippen molar-refractivity contribution in [2.45, 2.75) is 79.1 Å². The molecule has 0 amide bonds. The molecule has 2 atom stereocenters. The third-order valence-corrected chi connectivity index (χ3v) is 14.8. The fourth-order valence-corrected chi connectivity index (χ4v) is 9.47. The molecule has 0 heterocycles. The van der Waals surface area contributed by atoms with E-state index in [0.717, 1.165) is 111 Å². The van der Waals surface area contributed by atoms with Crippen molar-refractivity contribution >= 4 is 122 Å². The van der Waals surface area contributed by atoms with Crippen molar-refractivity contribution < 1.29 is 9.47 Å². The second-order valence-electron chi connectivity index (χ2n) is 17.8. The van der Waals surface area contributed by atoms with E-state index >= 15 is 0 Å². The predicted octanol–water partition coefficient (Wildman–Crippen LogP) is 21.2. The van der Waals surface area contributed by atoms with Gasteiger partial charge in [0.2, 0.25) is 0 Å². The zero-order valence-corrected chi connectivity index (χ0v) is 47.1. The molecule has 0 fully saturated rings. The highest BCUT2D eigenvalue weighted by atomic mass is 79.9. The zero-order valence-electron chi connectivity index (χ0n) is 40.8. The molecule has 7 rings (SSSR count). The van der Waals surface area contributed by atoms with E-state index in [4.69, 9.17) is 9.47 Å². The highest BCUT2D eigenvalue weighted by molar-refractivity contribution is 9.11. The number of halogens is 4. The van der Waals surface area contributed by atoms with Gasteiger partial charge in [-0.25, -0.2) is 0 Å². The van der Waals surface area contributed by atoms with Crippen LogP contribution in [0.5, 0.6) is 11.5 Å². The lowest BCUT2D eigenvalue weighted by molar-refractivity contribution is 0.227. The molecule has 0 bridgehead atoms. The van der Waals surface area contributed by atoms with Gasteiger partial charge in [-0.2, -0.15) is 0 Å². The van der Waals surface area contributed by atoms with Crippen molar-refractivity contribution in [2.24, 2.45) is 11.8 Å². The molecule has 0 aliphatic carbocycles. The number of rotatable bonds is 24. The molecular formula is C62H64Br4N2O2. The molecule has 0 spiro atoms. The Hall–Kier alpha value is -4.86. The van der Waals surface area contributed by atoms with Crippen molar-refractivity contribution in [2.75, 3.05) is 23.0 Å². The molecular weight excluding hydrogens is 1120 g/mol. The Morgan fingerprint density at radius 1 is 0.386 bits per heavy atom. The van der Waals surface area contributed by atoms with Gasteiger partial charge in [-0.05, 0) is 169 Å². The van der Waals surface area contributed by atoms with Gasteiger partial charge in [0.1, 0.15) is 11.5 Å². The maximum atomic E-state index is 6.86. The molecule has 7 aromatic carbocycles. The Morgan fingerprint density at radius 3 is 0.914 bits per heavy atom. The van der Waals surface area contributed by atoms with Gasteiger partial charge in [-0.1, -0.05) is 179 Å². The van der Waals surface area contributed by atoms with Gasteiger partial charge in [0, 0.05) is 63.1 Å². The average molecular weight is 1190 g/mol. The summed E-state index contributed by atoms with van der Waals surface area (Å²) in [5, 5.41) is 0. The SMILES string of the molecule is CCCCC(CC)COc1cc(C=Cc2ccc(N(c3ccc(Br)cc3)c3ccc(Br)cc3)cc2)c(OCC(CC)CCCC)cc1C=Cc1ccc(N(c2ccc(Br)cc2)c2ccc(Br)cc2)cc1. The second kappa shape index (κ2) is 27.1. The fourth-order valence-electron chi connectivity index (χ4n) is 8.41. The van der Waals surface area contributed by atoms with Gasteiger partial charge < -0.3 is 19.3 Å². The minimum absolute atomic E-state index is 0.482. The Bertz CT molecular complexity index is 2450. The summed E-state index contributed by atoms with van der Waals surface area (Å²) in [5.74, 6) is 2.68. The molecule has 0 radical (unpaired) electrons. The number of nitrogens with zero attached hydrogens (tertiary/aromatic N) is 2. The molecule has 7 aromatic rings. The maximum absolute atomic E-state index is 6.86. The van der Waals surface area contributed by atoms with Crippen molar-refractivity contribution in [3.63, 3.8) is 0 Å². The maximum Gasteiger partial charge on any atom is 0.127 e. The minimum Gasteiger partial charge on any atom is -0.493 e. The smallest absolute Gasteiger partial charge is 0.127 e. The molecule has 362 valence electrons. The normalized spacial score (nSPS) is 12.3. The van der Waals surface area contributed by atoms with Crippen LogP contribution in [-0.2, 0) is 0 Å². The molecule has 4 nitrogen and oxygen atoms in total. The van der Waals surface area contributed by atoms with Gasteiger partial charge >= 0.3 is 0 Å². The molecule has 0 saturated heterocycles. The number of benzene rings is 7. The van der Waals surface area contributed by atoms with Crippen molar-refractivity contribution in [1.82, 2.24) is 0 Å².